The van der Waals surface area contributed by atoms with E-state index in [0.29, 0.717) is 55.9 Å². The van der Waals surface area contributed by atoms with Crippen LogP contribution >= 0.6 is 0 Å². The molecule has 0 radical (unpaired) electrons. The van der Waals surface area contributed by atoms with Crippen molar-refractivity contribution < 1.29 is 19.2 Å². The molecule has 0 spiro atoms. The van der Waals surface area contributed by atoms with Gasteiger partial charge in [-0.3, -0.25) is 19.2 Å². The molecule has 0 amide bonds. The van der Waals surface area contributed by atoms with E-state index < -0.39 is 0 Å². The van der Waals surface area contributed by atoms with Crippen molar-refractivity contribution in [1.29, 1.82) is 0 Å². The lowest BCUT2D eigenvalue weighted by molar-refractivity contribution is 0.0978. The Morgan fingerprint density at radius 1 is 0.514 bits per heavy atom. The average molecular weight is 484 g/mol. The molecule has 2 atom stereocenters. The summed E-state index contributed by atoms with van der Waals surface area (Å²) < 4.78 is 0. The summed E-state index contributed by atoms with van der Waals surface area (Å²) in [5.74, 6) is -0.944. The first kappa shape index (κ1) is 21.6. The smallest absolute Gasteiger partial charge is 0.196 e. The van der Waals surface area contributed by atoms with E-state index in [9.17, 15) is 19.2 Å². The van der Waals surface area contributed by atoms with Gasteiger partial charge in [0.25, 0.3) is 0 Å². The van der Waals surface area contributed by atoms with Crippen LogP contribution in [-0.4, -0.2) is 23.1 Å². The van der Waals surface area contributed by atoms with Gasteiger partial charge in [-0.15, -0.1) is 0 Å². The summed E-state index contributed by atoms with van der Waals surface area (Å²) in [6, 6.07) is 21.0. The number of rotatable bonds is 0. The van der Waals surface area contributed by atoms with E-state index >= 15 is 0 Å². The topological polar surface area (TPSA) is 80.3 Å². The van der Waals surface area contributed by atoms with Gasteiger partial charge in [0.05, 0.1) is 11.3 Å². The lowest BCUT2D eigenvalue weighted by Crippen LogP contribution is -2.24. The molecule has 0 saturated heterocycles. The fourth-order valence-electron chi connectivity index (χ4n) is 6.17. The fourth-order valence-corrected chi connectivity index (χ4v) is 6.17. The van der Waals surface area contributed by atoms with Gasteiger partial charge in [0.2, 0.25) is 0 Å². The first-order chi connectivity index (χ1) is 17.9. The van der Waals surface area contributed by atoms with Gasteiger partial charge in [-0.25, -0.2) is 0 Å². The second-order valence-electron chi connectivity index (χ2n) is 10.0. The van der Waals surface area contributed by atoms with Crippen LogP contribution < -0.4 is 5.32 Å². The summed E-state index contributed by atoms with van der Waals surface area (Å²) in [5.41, 5.74) is 6.10. The molecule has 1 N–H and O–H groups in total. The molecule has 1 heterocycles. The van der Waals surface area contributed by atoms with E-state index in [2.05, 4.69) is 12.2 Å². The molecule has 0 fully saturated rings. The zero-order valence-electron chi connectivity index (χ0n) is 20.2. The molecule has 37 heavy (non-hydrogen) atoms. The molecule has 0 bridgehead atoms. The van der Waals surface area contributed by atoms with E-state index in [1.807, 2.05) is 19.1 Å². The minimum atomic E-state index is -0.198. The van der Waals surface area contributed by atoms with Gasteiger partial charge in [-0.1, -0.05) is 68.4 Å². The maximum Gasteiger partial charge on any atom is 0.196 e. The molecule has 4 aromatic rings. The molecule has 1 aliphatic heterocycles. The molecule has 3 aliphatic rings. The van der Waals surface area contributed by atoms with Gasteiger partial charge >= 0.3 is 0 Å². The minimum absolute atomic E-state index is 0.0966. The number of fused-ring (bicyclic) bond motifs is 8. The van der Waals surface area contributed by atoms with Crippen LogP contribution in [-0.2, 0) is 0 Å². The number of nitrogens with one attached hydrogen (secondary N) is 1. The van der Waals surface area contributed by atoms with Crippen molar-refractivity contribution in [2.45, 2.75) is 25.7 Å². The summed E-state index contributed by atoms with van der Waals surface area (Å²) in [4.78, 5) is 54.2. The van der Waals surface area contributed by atoms with Crippen LogP contribution in [0.2, 0.25) is 0 Å². The van der Waals surface area contributed by atoms with Crippen molar-refractivity contribution in [3.8, 4) is 0 Å². The number of carbonyl (C=O) groups is 4. The second-order valence-corrected chi connectivity index (χ2v) is 10.0. The van der Waals surface area contributed by atoms with Gasteiger partial charge < -0.3 is 5.32 Å². The number of benzene rings is 4. The second kappa shape index (κ2) is 7.43. The molecule has 5 nitrogen and oxygen atoms in total. The molecule has 0 saturated carbocycles. The van der Waals surface area contributed by atoms with Crippen LogP contribution in [0.3, 0.4) is 0 Å². The predicted octanol–water partition coefficient (Wildman–Crippen LogP) is 6.20. The van der Waals surface area contributed by atoms with Crippen LogP contribution in [0.5, 0.6) is 0 Å². The number of hydrogen-bond donors (Lipinski definition) is 1. The Morgan fingerprint density at radius 3 is 1.59 bits per heavy atom. The molecule has 2 aliphatic carbocycles. The molecule has 4 aromatic carbocycles. The van der Waals surface area contributed by atoms with Gasteiger partial charge in [-0.2, -0.15) is 0 Å². The summed E-state index contributed by atoms with van der Waals surface area (Å²) in [7, 11) is 0. The van der Waals surface area contributed by atoms with Crippen molar-refractivity contribution in [3.63, 3.8) is 0 Å². The average Bonchev–Trinajstić information content (AvgIpc) is 3.03. The third kappa shape index (κ3) is 2.74. The molecule has 0 aromatic heterocycles. The zero-order chi connectivity index (χ0) is 25.6. The first-order valence-corrected chi connectivity index (χ1v) is 12.4. The number of anilines is 2. The largest absolute Gasteiger partial charge is 0.354 e. The van der Waals surface area contributed by atoms with Crippen molar-refractivity contribution in [1.82, 2.24) is 0 Å². The highest BCUT2D eigenvalue weighted by Gasteiger charge is 2.39. The number of carbonyl (C=O) groups excluding carboxylic acids is 4. The van der Waals surface area contributed by atoms with E-state index in [0.717, 1.165) is 11.1 Å². The minimum Gasteiger partial charge on any atom is -0.354 e. The Bertz CT molecular complexity index is 1760. The van der Waals surface area contributed by atoms with Crippen molar-refractivity contribution in [2.75, 3.05) is 5.32 Å². The Hall–Kier alpha value is -4.64. The zero-order valence-corrected chi connectivity index (χ0v) is 20.2. The van der Waals surface area contributed by atoms with E-state index in [4.69, 9.17) is 0 Å². The van der Waals surface area contributed by atoms with E-state index in [1.165, 1.54) is 0 Å². The Morgan fingerprint density at radius 2 is 1.00 bits per heavy atom. The highest BCUT2D eigenvalue weighted by Crippen LogP contribution is 2.49. The maximum absolute atomic E-state index is 13.7. The van der Waals surface area contributed by atoms with Crippen LogP contribution in [0.15, 0.2) is 72.8 Å². The Kier molecular flexibility index (Phi) is 4.34. The lowest BCUT2D eigenvalue weighted by Gasteiger charge is -2.26. The Balaban J connectivity index is 1.47. The fraction of sp³-hybridized carbons (Fsp3) is 0.125. The Labute approximate surface area is 213 Å². The molecule has 2 unspecified atom stereocenters. The van der Waals surface area contributed by atoms with Crippen molar-refractivity contribution >= 4 is 34.5 Å². The predicted molar refractivity (Wildman–Crippen MR) is 140 cm³/mol. The molecule has 5 heteroatoms. The third-order valence-electron chi connectivity index (χ3n) is 8.21. The van der Waals surface area contributed by atoms with Gasteiger partial charge in [-0.05, 0) is 41.2 Å². The van der Waals surface area contributed by atoms with E-state index in [1.54, 1.807) is 60.7 Å². The first-order valence-electron chi connectivity index (χ1n) is 12.4. The molecule has 7 rings (SSSR count). The monoisotopic (exact) mass is 483 g/mol. The van der Waals surface area contributed by atoms with Crippen molar-refractivity contribution in [3.05, 3.63) is 128 Å². The summed E-state index contributed by atoms with van der Waals surface area (Å²) >= 11 is 0. The summed E-state index contributed by atoms with van der Waals surface area (Å²) in [6.07, 6.45) is 0. The molecule has 178 valence electrons. The highest BCUT2D eigenvalue weighted by atomic mass is 16.1. The van der Waals surface area contributed by atoms with Gasteiger partial charge in [0.15, 0.2) is 23.1 Å². The number of hydrogen-bond acceptors (Lipinski definition) is 5. The maximum atomic E-state index is 13.7. The van der Waals surface area contributed by atoms with Crippen molar-refractivity contribution in [2.24, 2.45) is 0 Å². The number of ketones is 4. The third-order valence-corrected chi connectivity index (χ3v) is 8.21. The molecular formula is C32H21NO4. The van der Waals surface area contributed by atoms with Crippen LogP contribution in [0, 0.1) is 0 Å². The van der Waals surface area contributed by atoms with Crippen LogP contribution in [0.1, 0.15) is 100 Å². The van der Waals surface area contributed by atoms with Crippen LogP contribution in [0.25, 0.3) is 0 Å². The van der Waals surface area contributed by atoms with E-state index in [-0.39, 0.29) is 35.0 Å². The normalized spacial score (nSPS) is 19.0. The summed E-state index contributed by atoms with van der Waals surface area (Å²) in [5, 5.41) is 3.45. The standard InChI is InChI=1S/C32H21NO4/c1-15-16(2)25-24(14-13-22-26(25)31(36)20-9-5-3-7-18(20)29(22)34)33-28-17(15)11-12-23-27(28)32(37)21-10-6-4-8-19(21)30(23)35/h3-16,33H,1-2H3. The van der Waals surface area contributed by atoms with Gasteiger partial charge in [0.1, 0.15) is 0 Å². The quantitative estimate of drug-likeness (QED) is 0.278. The van der Waals surface area contributed by atoms with Crippen LogP contribution in [0.4, 0.5) is 11.4 Å². The van der Waals surface area contributed by atoms with Gasteiger partial charge in [0, 0.05) is 44.6 Å². The lowest BCUT2D eigenvalue weighted by atomic mass is 9.75. The SMILES string of the molecule is CC1c2ccc3c(c2Nc2ccc4c(c2C1C)C(=O)c1ccccc1C4=O)C(=O)c1ccccc1C3=O. The molecular weight excluding hydrogens is 462 g/mol. The summed E-state index contributed by atoms with van der Waals surface area (Å²) in [6.45, 7) is 4.10. The highest BCUT2D eigenvalue weighted by molar-refractivity contribution is 6.31.